The van der Waals surface area contributed by atoms with Gasteiger partial charge < -0.3 is 5.73 Å². The minimum Gasteiger partial charge on any atom is -0.396 e. The summed E-state index contributed by atoms with van der Waals surface area (Å²) in [6.45, 7) is 0. The Bertz CT molecular complexity index is 782. The minimum atomic E-state index is -0.689. The van der Waals surface area contributed by atoms with Crippen LogP contribution < -0.4 is 5.73 Å². The first kappa shape index (κ1) is 13.3. The van der Waals surface area contributed by atoms with Gasteiger partial charge in [-0.25, -0.2) is 13.5 Å². The topological polar surface area (TPSA) is 43.8 Å². The van der Waals surface area contributed by atoms with Crippen LogP contribution >= 0.6 is 27.3 Å². The van der Waals surface area contributed by atoms with Crippen molar-refractivity contribution in [1.82, 2.24) is 9.78 Å². The predicted molar refractivity (Wildman–Crippen MR) is 78.9 cm³/mol. The van der Waals surface area contributed by atoms with E-state index >= 15 is 0 Å². The molecule has 2 heterocycles. The van der Waals surface area contributed by atoms with E-state index in [1.807, 2.05) is 12.1 Å². The molecule has 0 spiro atoms. The van der Waals surface area contributed by atoms with Crippen molar-refractivity contribution in [2.24, 2.45) is 0 Å². The fraction of sp³-hybridized carbons (Fsp3) is 0. The SMILES string of the molecule is Nc1cn(-c2ccc(F)cc2F)nc1-c1ccc(Br)s1. The van der Waals surface area contributed by atoms with Crippen molar-refractivity contribution in [3.8, 4) is 16.3 Å². The maximum atomic E-state index is 13.7. The third kappa shape index (κ3) is 2.34. The van der Waals surface area contributed by atoms with Crippen molar-refractivity contribution in [2.75, 3.05) is 5.73 Å². The summed E-state index contributed by atoms with van der Waals surface area (Å²) in [5.41, 5.74) is 7.07. The molecule has 0 amide bonds. The van der Waals surface area contributed by atoms with Gasteiger partial charge in [-0.1, -0.05) is 0 Å². The molecule has 0 bridgehead atoms. The summed E-state index contributed by atoms with van der Waals surface area (Å²) in [6.07, 6.45) is 1.51. The van der Waals surface area contributed by atoms with Crippen LogP contribution in [0.2, 0.25) is 0 Å². The Kier molecular flexibility index (Phi) is 3.31. The molecule has 0 aliphatic heterocycles. The molecular weight excluding hydrogens is 348 g/mol. The number of benzene rings is 1. The fourth-order valence-corrected chi connectivity index (χ4v) is 3.20. The van der Waals surface area contributed by atoms with Crippen LogP contribution in [-0.4, -0.2) is 9.78 Å². The van der Waals surface area contributed by atoms with Crippen LogP contribution in [0.4, 0.5) is 14.5 Å². The number of anilines is 1. The van der Waals surface area contributed by atoms with Gasteiger partial charge in [-0.05, 0) is 40.2 Å². The van der Waals surface area contributed by atoms with E-state index in [-0.39, 0.29) is 5.69 Å². The van der Waals surface area contributed by atoms with Crippen molar-refractivity contribution < 1.29 is 8.78 Å². The smallest absolute Gasteiger partial charge is 0.151 e. The molecule has 0 saturated heterocycles. The Morgan fingerprint density at radius 1 is 1.20 bits per heavy atom. The molecule has 0 fully saturated rings. The van der Waals surface area contributed by atoms with Crippen molar-refractivity contribution in [3.63, 3.8) is 0 Å². The van der Waals surface area contributed by atoms with Gasteiger partial charge in [-0.3, -0.25) is 0 Å². The van der Waals surface area contributed by atoms with Crippen LogP contribution in [0.25, 0.3) is 16.3 Å². The highest BCUT2D eigenvalue weighted by Gasteiger charge is 2.14. The Morgan fingerprint density at radius 3 is 2.65 bits per heavy atom. The van der Waals surface area contributed by atoms with Crippen molar-refractivity contribution in [1.29, 1.82) is 0 Å². The number of hydrogen-bond acceptors (Lipinski definition) is 3. The highest BCUT2D eigenvalue weighted by Crippen LogP contribution is 2.34. The normalized spacial score (nSPS) is 10.9. The van der Waals surface area contributed by atoms with Gasteiger partial charge in [0, 0.05) is 6.07 Å². The van der Waals surface area contributed by atoms with Crippen LogP contribution in [0.5, 0.6) is 0 Å². The largest absolute Gasteiger partial charge is 0.396 e. The first-order chi connectivity index (χ1) is 9.54. The third-order valence-electron chi connectivity index (χ3n) is 2.71. The van der Waals surface area contributed by atoms with Gasteiger partial charge in [0.05, 0.1) is 20.5 Å². The van der Waals surface area contributed by atoms with E-state index in [2.05, 4.69) is 21.0 Å². The lowest BCUT2D eigenvalue weighted by molar-refractivity contribution is 0.574. The molecule has 0 aliphatic rings. The Morgan fingerprint density at radius 2 is 2.00 bits per heavy atom. The summed E-state index contributed by atoms with van der Waals surface area (Å²) < 4.78 is 28.9. The zero-order valence-electron chi connectivity index (χ0n) is 9.98. The molecule has 102 valence electrons. The van der Waals surface area contributed by atoms with E-state index in [0.29, 0.717) is 11.4 Å². The Hall–Kier alpha value is -1.73. The van der Waals surface area contributed by atoms with Gasteiger partial charge in [-0.15, -0.1) is 11.3 Å². The first-order valence-corrected chi connectivity index (χ1v) is 7.22. The summed E-state index contributed by atoms with van der Waals surface area (Å²) in [4.78, 5) is 0.871. The van der Waals surface area contributed by atoms with Crippen LogP contribution in [0.1, 0.15) is 0 Å². The zero-order valence-corrected chi connectivity index (χ0v) is 12.4. The lowest BCUT2D eigenvalue weighted by Crippen LogP contribution is -1.99. The molecule has 3 rings (SSSR count). The monoisotopic (exact) mass is 355 g/mol. The summed E-state index contributed by atoms with van der Waals surface area (Å²) >= 11 is 4.84. The van der Waals surface area contributed by atoms with E-state index in [1.165, 1.54) is 34.3 Å². The van der Waals surface area contributed by atoms with Crippen molar-refractivity contribution in [3.05, 3.63) is 51.9 Å². The quantitative estimate of drug-likeness (QED) is 0.747. The van der Waals surface area contributed by atoms with Crippen molar-refractivity contribution in [2.45, 2.75) is 0 Å². The number of nitrogens with zero attached hydrogens (tertiary/aromatic N) is 2. The molecule has 0 atom stereocenters. The van der Waals surface area contributed by atoms with E-state index < -0.39 is 11.6 Å². The molecular formula is C13H8BrF2N3S. The van der Waals surface area contributed by atoms with Crippen LogP contribution in [-0.2, 0) is 0 Å². The molecule has 3 nitrogen and oxygen atoms in total. The third-order valence-corrected chi connectivity index (χ3v) is 4.34. The van der Waals surface area contributed by atoms with Crippen LogP contribution in [0.3, 0.4) is 0 Å². The number of rotatable bonds is 2. The number of hydrogen-bond donors (Lipinski definition) is 1. The summed E-state index contributed by atoms with van der Waals surface area (Å²) in [5.74, 6) is -1.32. The molecule has 20 heavy (non-hydrogen) atoms. The van der Waals surface area contributed by atoms with Crippen LogP contribution in [0, 0.1) is 11.6 Å². The Balaban J connectivity index is 2.08. The Labute approximate surface area is 125 Å². The highest BCUT2D eigenvalue weighted by atomic mass is 79.9. The summed E-state index contributed by atoms with van der Waals surface area (Å²) in [7, 11) is 0. The molecule has 0 saturated carbocycles. The predicted octanol–water partition coefficient (Wildman–Crippen LogP) is 4.22. The molecule has 2 N–H and O–H groups in total. The van der Waals surface area contributed by atoms with Gasteiger partial charge in [0.25, 0.3) is 0 Å². The van der Waals surface area contributed by atoms with E-state index in [0.717, 1.165) is 14.7 Å². The second-order valence-electron chi connectivity index (χ2n) is 4.08. The average Bonchev–Trinajstić information content (AvgIpc) is 2.95. The van der Waals surface area contributed by atoms with Crippen LogP contribution in [0.15, 0.2) is 40.3 Å². The number of halogens is 3. The molecule has 7 heteroatoms. The van der Waals surface area contributed by atoms with Gasteiger partial charge in [0.15, 0.2) is 5.82 Å². The van der Waals surface area contributed by atoms with E-state index in [1.54, 1.807) is 0 Å². The highest BCUT2D eigenvalue weighted by molar-refractivity contribution is 9.11. The number of nitrogens with two attached hydrogens (primary N) is 1. The maximum Gasteiger partial charge on any atom is 0.151 e. The minimum absolute atomic E-state index is 0.153. The zero-order chi connectivity index (χ0) is 14.3. The van der Waals surface area contributed by atoms with Gasteiger partial charge in [0.1, 0.15) is 17.2 Å². The van der Waals surface area contributed by atoms with Gasteiger partial charge in [0.2, 0.25) is 0 Å². The molecule has 0 unspecified atom stereocenters. The number of thiophene rings is 1. The number of nitrogen functional groups attached to an aromatic ring is 1. The molecule has 1 aromatic carbocycles. The molecule has 3 aromatic rings. The lowest BCUT2D eigenvalue weighted by Gasteiger charge is -2.02. The average molecular weight is 356 g/mol. The van der Waals surface area contributed by atoms with E-state index in [4.69, 9.17) is 5.73 Å². The lowest BCUT2D eigenvalue weighted by atomic mass is 10.3. The number of aromatic nitrogens is 2. The standard InChI is InChI=1S/C13H8BrF2N3S/c14-12-4-3-11(20-12)13-9(17)6-19(18-13)10-2-1-7(15)5-8(10)16/h1-6H,17H2. The van der Waals surface area contributed by atoms with Gasteiger partial charge in [-0.2, -0.15) is 5.10 Å². The molecule has 2 aromatic heterocycles. The second kappa shape index (κ2) is 4.99. The first-order valence-electron chi connectivity index (χ1n) is 5.61. The fourth-order valence-electron chi connectivity index (χ4n) is 1.81. The van der Waals surface area contributed by atoms with Gasteiger partial charge >= 0.3 is 0 Å². The summed E-state index contributed by atoms with van der Waals surface area (Å²) in [5, 5.41) is 4.27. The van der Waals surface area contributed by atoms with Crippen molar-refractivity contribution >= 4 is 33.0 Å². The molecule has 0 aliphatic carbocycles. The second-order valence-corrected chi connectivity index (χ2v) is 6.54. The summed E-state index contributed by atoms with van der Waals surface area (Å²) in [6, 6.07) is 7.08. The van der Waals surface area contributed by atoms with E-state index in [9.17, 15) is 8.78 Å². The molecule has 0 radical (unpaired) electrons. The maximum absolute atomic E-state index is 13.7.